The van der Waals surface area contributed by atoms with Crippen molar-refractivity contribution in [3.05, 3.63) is 24.3 Å². The molecule has 0 aromatic heterocycles. The van der Waals surface area contributed by atoms with Crippen LogP contribution in [0.15, 0.2) is 24.3 Å². The molecule has 0 spiro atoms. The molecule has 0 heterocycles. The lowest BCUT2D eigenvalue weighted by molar-refractivity contribution is -0.167. The fourth-order valence-corrected chi connectivity index (χ4v) is 10.9. The Kier molecular flexibility index (Phi) is 65.6. The van der Waals surface area contributed by atoms with Crippen molar-refractivity contribution in [2.24, 2.45) is 0 Å². The minimum Gasteiger partial charge on any atom is -0.462 e. The van der Waals surface area contributed by atoms with Gasteiger partial charge in [-0.1, -0.05) is 353 Å². The van der Waals surface area contributed by atoms with Gasteiger partial charge in [-0.25, -0.2) is 0 Å². The van der Waals surface area contributed by atoms with Gasteiger partial charge >= 0.3 is 17.9 Å². The van der Waals surface area contributed by atoms with Crippen LogP contribution in [0.3, 0.4) is 0 Å². The van der Waals surface area contributed by atoms with E-state index in [4.69, 9.17) is 14.2 Å². The average Bonchev–Trinajstić information content (AvgIpc) is 3.44. The molecule has 0 N–H and O–H groups in total. The van der Waals surface area contributed by atoms with Crippen LogP contribution in [0.5, 0.6) is 0 Å². The van der Waals surface area contributed by atoms with Gasteiger partial charge in [-0.3, -0.25) is 14.4 Å². The topological polar surface area (TPSA) is 78.9 Å². The summed E-state index contributed by atoms with van der Waals surface area (Å²) in [5.41, 5.74) is 0. The smallest absolute Gasteiger partial charge is 0.306 e. The van der Waals surface area contributed by atoms with Crippen LogP contribution < -0.4 is 0 Å². The molecule has 6 nitrogen and oxygen atoms in total. The summed E-state index contributed by atoms with van der Waals surface area (Å²) in [6.45, 7) is 6.71. The Morgan fingerprint density at radius 2 is 0.462 bits per heavy atom. The molecule has 78 heavy (non-hydrogen) atoms. The molecule has 0 bridgehead atoms. The van der Waals surface area contributed by atoms with Gasteiger partial charge in [-0.2, -0.15) is 0 Å². The first-order valence-electron chi connectivity index (χ1n) is 35.3. The Morgan fingerprint density at radius 1 is 0.256 bits per heavy atom. The summed E-state index contributed by atoms with van der Waals surface area (Å²) in [4.78, 5) is 38.4. The van der Waals surface area contributed by atoms with E-state index in [0.717, 1.165) is 64.2 Å². The molecule has 460 valence electrons. The quantitative estimate of drug-likeness (QED) is 0.0261. The molecular formula is C72H136O6. The lowest BCUT2D eigenvalue weighted by Gasteiger charge is -2.18. The standard InChI is InChI=1S/C72H136O6/c1-4-7-10-13-16-19-22-25-27-29-31-33-34-35-36-37-38-39-41-42-44-47-50-53-56-59-62-65-71(74)77-68-69(67-76-70(73)64-61-58-55-52-49-46-24-21-18-15-12-9-6-3)78-72(75)66-63-60-57-54-51-48-45-43-40-32-30-28-26-23-20-17-14-11-8-5-2/h22,25,29,31,69H,4-21,23-24,26-28,30,32-68H2,1-3H3/b25-22-,31-29-. The number of carbonyl (C=O) groups excluding carboxylic acids is 3. The summed E-state index contributed by atoms with van der Waals surface area (Å²) in [7, 11) is 0. The van der Waals surface area contributed by atoms with Crippen LogP contribution in [0, 0.1) is 0 Å². The number of allylic oxidation sites excluding steroid dienone is 4. The highest BCUT2D eigenvalue weighted by Crippen LogP contribution is 2.19. The van der Waals surface area contributed by atoms with Crippen molar-refractivity contribution in [3.8, 4) is 0 Å². The Labute approximate surface area is 487 Å². The highest BCUT2D eigenvalue weighted by atomic mass is 16.6. The number of hydrogen-bond donors (Lipinski definition) is 0. The van der Waals surface area contributed by atoms with E-state index in [-0.39, 0.29) is 31.1 Å². The highest BCUT2D eigenvalue weighted by Gasteiger charge is 2.19. The van der Waals surface area contributed by atoms with Crippen molar-refractivity contribution >= 4 is 17.9 Å². The van der Waals surface area contributed by atoms with E-state index < -0.39 is 6.10 Å². The number of esters is 3. The Balaban J connectivity index is 4.20. The Hall–Kier alpha value is -2.11. The first kappa shape index (κ1) is 75.9. The number of ether oxygens (including phenoxy) is 3. The van der Waals surface area contributed by atoms with Crippen molar-refractivity contribution in [1.82, 2.24) is 0 Å². The van der Waals surface area contributed by atoms with Gasteiger partial charge in [0.1, 0.15) is 13.2 Å². The normalized spacial score (nSPS) is 12.1. The molecule has 0 aromatic rings. The molecular weight excluding hydrogens is 961 g/mol. The molecule has 0 rings (SSSR count). The molecule has 0 aromatic carbocycles. The maximum Gasteiger partial charge on any atom is 0.306 e. The molecule has 0 aliphatic heterocycles. The average molecular weight is 1100 g/mol. The SMILES string of the molecule is CCCCCCC/C=C\C/C=C\CCCCCCCCCCCCCCCCCC(=O)OCC(COC(=O)CCCCCCCCCCCCCCC)OC(=O)CCCCCCCCCCCCCCCCCCCCCC. The number of unbranched alkanes of at least 4 members (excludes halogenated alkanes) is 51. The van der Waals surface area contributed by atoms with E-state index in [1.165, 1.54) is 295 Å². The van der Waals surface area contributed by atoms with Crippen LogP contribution in [0.4, 0.5) is 0 Å². The molecule has 0 saturated heterocycles. The molecule has 6 heteroatoms. The third-order valence-corrected chi connectivity index (χ3v) is 16.2. The fourth-order valence-electron chi connectivity index (χ4n) is 10.9. The Bertz CT molecular complexity index is 1260. The fraction of sp³-hybridized carbons (Fsp3) is 0.903. The zero-order valence-electron chi connectivity index (χ0n) is 53.0. The minimum absolute atomic E-state index is 0.0636. The molecule has 0 aliphatic rings. The van der Waals surface area contributed by atoms with Gasteiger partial charge in [0.15, 0.2) is 6.10 Å². The third kappa shape index (κ3) is 64.7. The van der Waals surface area contributed by atoms with Gasteiger partial charge in [-0.05, 0) is 51.4 Å². The molecule has 1 unspecified atom stereocenters. The molecule has 0 fully saturated rings. The predicted octanol–water partition coefficient (Wildman–Crippen LogP) is 24.2. The van der Waals surface area contributed by atoms with Crippen LogP contribution in [0.25, 0.3) is 0 Å². The van der Waals surface area contributed by atoms with Gasteiger partial charge in [0.05, 0.1) is 0 Å². The summed E-state index contributed by atoms with van der Waals surface area (Å²) >= 11 is 0. The van der Waals surface area contributed by atoms with Gasteiger partial charge in [0.2, 0.25) is 0 Å². The lowest BCUT2D eigenvalue weighted by atomic mass is 10.0. The Morgan fingerprint density at radius 3 is 0.705 bits per heavy atom. The second kappa shape index (κ2) is 67.4. The summed E-state index contributed by atoms with van der Waals surface area (Å²) in [6.07, 6.45) is 82.1. The van der Waals surface area contributed by atoms with E-state index in [1.807, 2.05) is 0 Å². The van der Waals surface area contributed by atoms with Gasteiger partial charge in [-0.15, -0.1) is 0 Å². The zero-order valence-corrected chi connectivity index (χ0v) is 53.0. The number of hydrogen-bond acceptors (Lipinski definition) is 6. The van der Waals surface area contributed by atoms with Crippen molar-refractivity contribution in [3.63, 3.8) is 0 Å². The van der Waals surface area contributed by atoms with E-state index in [1.54, 1.807) is 0 Å². The first-order chi connectivity index (χ1) is 38.5. The molecule has 0 aliphatic carbocycles. The van der Waals surface area contributed by atoms with Crippen LogP contribution in [-0.4, -0.2) is 37.2 Å². The highest BCUT2D eigenvalue weighted by molar-refractivity contribution is 5.71. The number of carbonyl (C=O) groups is 3. The van der Waals surface area contributed by atoms with E-state index in [0.29, 0.717) is 19.3 Å². The van der Waals surface area contributed by atoms with E-state index >= 15 is 0 Å². The van der Waals surface area contributed by atoms with Crippen molar-refractivity contribution in [2.75, 3.05) is 13.2 Å². The number of rotatable bonds is 66. The van der Waals surface area contributed by atoms with Crippen LogP contribution >= 0.6 is 0 Å². The van der Waals surface area contributed by atoms with Gasteiger partial charge in [0.25, 0.3) is 0 Å². The summed E-state index contributed by atoms with van der Waals surface area (Å²) in [6, 6.07) is 0. The third-order valence-electron chi connectivity index (χ3n) is 16.2. The van der Waals surface area contributed by atoms with Crippen LogP contribution in [0.2, 0.25) is 0 Å². The largest absolute Gasteiger partial charge is 0.462 e. The van der Waals surface area contributed by atoms with Gasteiger partial charge < -0.3 is 14.2 Å². The lowest BCUT2D eigenvalue weighted by Crippen LogP contribution is -2.30. The van der Waals surface area contributed by atoms with Crippen molar-refractivity contribution < 1.29 is 28.6 Å². The monoisotopic (exact) mass is 1100 g/mol. The van der Waals surface area contributed by atoms with Crippen LogP contribution in [0.1, 0.15) is 400 Å². The van der Waals surface area contributed by atoms with Crippen LogP contribution in [-0.2, 0) is 28.6 Å². The maximum absolute atomic E-state index is 12.9. The maximum atomic E-state index is 12.9. The second-order valence-corrected chi connectivity index (χ2v) is 24.2. The minimum atomic E-state index is -0.767. The summed E-state index contributed by atoms with van der Waals surface area (Å²) in [5.74, 6) is -0.830. The van der Waals surface area contributed by atoms with E-state index in [2.05, 4.69) is 45.1 Å². The molecule has 1 atom stereocenters. The molecule has 0 radical (unpaired) electrons. The van der Waals surface area contributed by atoms with Gasteiger partial charge in [0, 0.05) is 19.3 Å². The predicted molar refractivity (Wildman–Crippen MR) is 340 cm³/mol. The first-order valence-corrected chi connectivity index (χ1v) is 35.3. The molecule has 0 saturated carbocycles. The van der Waals surface area contributed by atoms with E-state index in [9.17, 15) is 14.4 Å². The molecule has 0 amide bonds. The van der Waals surface area contributed by atoms with Crippen molar-refractivity contribution in [2.45, 2.75) is 406 Å². The summed E-state index contributed by atoms with van der Waals surface area (Å²) < 4.78 is 17.0. The summed E-state index contributed by atoms with van der Waals surface area (Å²) in [5, 5.41) is 0. The second-order valence-electron chi connectivity index (χ2n) is 24.2. The van der Waals surface area contributed by atoms with Crippen molar-refractivity contribution in [1.29, 1.82) is 0 Å². The zero-order chi connectivity index (χ0) is 56.4.